The Kier molecular flexibility index (Phi) is 3.99. The normalized spacial score (nSPS) is 10.5. The van der Waals surface area contributed by atoms with Crippen LogP contribution >= 0.6 is 0 Å². The molecule has 2 aromatic heterocycles. The predicted molar refractivity (Wildman–Crippen MR) is 73.3 cm³/mol. The Bertz CT molecular complexity index is 545. The fraction of sp³-hybridized carbons (Fsp3) is 0.462. The molecule has 0 aliphatic rings. The Labute approximate surface area is 112 Å². The molecule has 0 aliphatic heterocycles. The molecule has 0 bridgehead atoms. The van der Waals surface area contributed by atoms with Crippen molar-refractivity contribution in [2.45, 2.75) is 34.2 Å². The van der Waals surface area contributed by atoms with Gasteiger partial charge in [-0.1, -0.05) is 0 Å². The SMILES string of the molecule is CCOc1cc(NCc2nc(C)c(C)[nH]2)nc(C)n1. The number of nitrogens with zero attached hydrogens (tertiary/aromatic N) is 3. The van der Waals surface area contributed by atoms with Crippen LogP contribution in [0.3, 0.4) is 0 Å². The van der Waals surface area contributed by atoms with Crippen LogP contribution in [0.4, 0.5) is 5.82 Å². The zero-order valence-electron chi connectivity index (χ0n) is 11.7. The van der Waals surface area contributed by atoms with Crippen molar-refractivity contribution < 1.29 is 4.74 Å². The molecule has 0 saturated carbocycles. The van der Waals surface area contributed by atoms with Crippen molar-refractivity contribution in [2.75, 3.05) is 11.9 Å². The molecule has 0 saturated heterocycles. The predicted octanol–water partition coefficient (Wildman–Crippen LogP) is 2.14. The van der Waals surface area contributed by atoms with E-state index in [0.717, 1.165) is 23.0 Å². The molecule has 6 heteroatoms. The van der Waals surface area contributed by atoms with Gasteiger partial charge in [-0.3, -0.25) is 0 Å². The molecular formula is C13H19N5O. The molecule has 0 spiro atoms. The summed E-state index contributed by atoms with van der Waals surface area (Å²) >= 11 is 0. The summed E-state index contributed by atoms with van der Waals surface area (Å²) in [6.07, 6.45) is 0. The standard InChI is InChI=1S/C13H19N5O/c1-5-19-13-6-11(17-10(4)18-13)14-7-12-15-8(2)9(3)16-12/h6H,5,7H2,1-4H3,(H,15,16)(H,14,17,18). The van der Waals surface area contributed by atoms with E-state index < -0.39 is 0 Å². The number of hydrogen-bond donors (Lipinski definition) is 2. The summed E-state index contributed by atoms with van der Waals surface area (Å²) in [6.45, 7) is 8.95. The van der Waals surface area contributed by atoms with Crippen molar-refractivity contribution in [2.24, 2.45) is 0 Å². The highest BCUT2D eigenvalue weighted by Crippen LogP contribution is 2.14. The summed E-state index contributed by atoms with van der Waals surface area (Å²) in [5, 5.41) is 3.22. The van der Waals surface area contributed by atoms with Gasteiger partial charge in [-0.15, -0.1) is 0 Å². The van der Waals surface area contributed by atoms with Gasteiger partial charge in [0.2, 0.25) is 5.88 Å². The molecule has 0 fully saturated rings. The molecule has 0 radical (unpaired) electrons. The minimum atomic E-state index is 0.587. The monoisotopic (exact) mass is 261 g/mol. The first kappa shape index (κ1) is 13.3. The fourth-order valence-corrected chi connectivity index (χ4v) is 1.73. The summed E-state index contributed by atoms with van der Waals surface area (Å²) in [5.74, 6) is 2.90. The van der Waals surface area contributed by atoms with Crippen molar-refractivity contribution in [1.82, 2.24) is 19.9 Å². The van der Waals surface area contributed by atoms with E-state index >= 15 is 0 Å². The smallest absolute Gasteiger partial charge is 0.218 e. The van der Waals surface area contributed by atoms with E-state index in [2.05, 4.69) is 25.3 Å². The van der Waals surface area contributed by atoms with E-state index in [1.54, 1.807) is 6.07 Å². The Morgan fingerprint density at radius 1 is 1.21 bits per heavy atom. The van der Waals surface area contributed by atoms with Gasteiger partial charge in [0.1, 0.15) is 17.5 Å². The lowest BCUT2D eigenvalue weighted by molar-refractivity contribution is 0.325. The highest BCUT2D eigenvalue weighted by atomic mass is 16.5. The van der Waals surface area contributed by atoms with Crippen molar-refractivity contribution in [3.8, 4) is 5.88 Å². The summed E-state index contributed by atoms with van der Waals surface area (Å²) < 4.78 is 5.39. The molecular weight excluding hydrogens is 242 g/mol. The summed E-state index contributed by atoms with van der Waals surface area (Å²) in [6, 6.07) is 1.79. The van der Waals surface area contributed by atoms with Gasteiger partial charge < -0.3 is 15.0 Å². The first-order valence-electron chi connectivity index (χ1n) is 6.33. The third kappa shape index (κ3) is 3.43. The second kappa shape index (κ2) is 5.69. The second-order valence-corrected chi connectivity index (χ2v) is 4.32. The van der Waals surface area contributed by atoms with E-state index in [1.165, 1.54) is 0 Å². The number of anilines is 1. The quantitative estimate of drug-likeness (QED) is 0.862. The molecule has 0 aromatic carbocycles. The molecule has 19 heavy (non-hydrogen) atoms. The van der Waals surface area contributed by atoms with Crippen LogP contribution in [0.1, 0.15) is 30.0 Å². The molecule has 2 aromatic rings. The van der Waals surface area contributed by atoms with Gasteiger partial charge in [0.15, 0.2) is 0 Å². The molecule has 6 nitrogen and oxygen atoms in total. The van der Waals surface area contributed by atoms with E-state index in [-0.39, 0.29) is 0 Å². The minimum Gasteiger partial charge on any atom is -0.478 e. The first-order chi connectivity index (χ1) is 9.08. The molecule has 0 unspecified atom stereocenters. The van der Waals surface area contributed by atoms with Gasteiger partial charge in [0.05, 0.1) is 18.8 Å². The first-order valence-corrected chi connectivity index (χ1v) is 6.33. The van der Waals surface area contributed by atoms with Crippen LogP contribution in [0, 0.1) is 20.8 Å². The number of ether oxygens (including phenoxy) is 1. The van der Waals surface area contributed by atoms with Gasteiger partial charge in [-0.2, -0.15) is 4.98 Å². The lowest BCUT2D eigenvalue weighted by Crippen LogP contribution is -2.06. The number of aromatic amines is 1. The van der Waals surface area contributed by atoms with Gasteiger partial charge in [-0.05, 0) is 27.7 Å². The largest absolute Gasteiger partial charge is 0.478 e. The maximum atomic E-state index is 5.39. The zero-order valence-corrected chi connectivity index (χ0v) is 11.7. The molecule has 2 rings (SSSR count). The maximum absolute atomic E-state index is 5.39. The average molecular weight is 261 g/mol. The Morgan fingerprint density at radius 3 is 2.63 bits per heavy atom. The van der Waals surface area contributed by atoms with Gasteiger partial charge >= 0.3 is 0 Å². The van der Waals surface area contributed by atoms with E-state index in [0.29, 0.717) is 24.9 Å². The molecule has 0 aliphatic carbocycles. The van der Waals surface area contributed by atoms with E-state index in [1.807, 2.05) is 27.7 Å². The molecule has 102 valence electrons. The summed E-state index contributed by atoms with van der Waals surface area (Å²) in [4.78, 5) is 16.2. The second-order valence-electron chi connectivity index (χ2n) is 4.32. The van der Waals surface area contributed by atoms with Crippen molar-refractivity contribution in [1.29, 1.82) is 0 Å². The number of hydrogen-bond acceptors (Lipinski definition) is 5. The number of nitrogens with one attached hydrogen (secondary N) is 2. The molecule has 0 amide bonds. The van der Waals surface area contributed by atoms with Crippen LogP contribution in [0.2, 0.25) is 0 Å². The van der Waals surface area contributed by atoms with E-state index in [9.17, 15) is 0 Å². The average Bonchev–Trinajstić information content (AvgIpc) is 2.66. The van der Waals surface area contributed by atoms with Crippen molar-refractivity contribution in [3.63, 3.8) is 0 Å². The summed E-state index contributed by atoms with van der Waals surface area (Å²) in [5.41, 5.74) is 2.11. The van der Waals surface area contributed by atoms with Gasteiger partial charge in [0.25, 0.3) is 0 Å². The van der Waals surface area contributed by atoms with Crippen LogP contribution in [0.5, 0.6) is 5.88 Å². The zero-order chi connectivity index (χ0) is 13.8. The fourth-order valence-electron chi connectivity index (χ4n) is 1.73. The van der Waals surface area contributed by atoms with Crippen LogP contribution in [-0.4, -0.2) is 26.5 Å². The van der Waals surface area contributed by atoms with Crippen LogP contribution in [0.15, 0.2) is 6.07 Å². The number of aromatic nitrogens is 4. The lowest BCUT2D eigenvalue weighted by atomic mass is 10.4. The van der Waals surface area contributed by atoms with Gasteiger partial charge in [-0.25, -0.2) is 9.97 Å². The number of H-pyrrole nitrogens is 1. The highest BCUT2D eigenvalue weighted by Gasteiger charge is 2.05. The highest BCUT2D eigenvalue weighted by molar-refractivity contribution is 5.38. The molecule has 2 N–H and O–H groups in total. The van der Waals surface area contributed by atoms with Crippen molar-refractivity contribution >= 4 is 5.82 Å². The number of aryl methyl sites for hydroxylation is 3. The van der Waals surface area contributed by atoms with E-state index in [4.69, 9.17) is 4.74 Å². The minimum absolute atomic E-state index is 0.587. The van der Waals surface area contributed by atoms with Crippen LogP contribution < -0.4 is 10.1 Å². The Morgan fingerprint density at radius 2 is 2.00 bits per heavy atom. The lowest BCUT2D eigenvalue weighted by Gasteiger charge is -2.07. The Hall–Kier alpha value is -2.11. The van der Waals surface area contributed by atoms with Gasteiger partial charge in [0, 0.05) is 11.8 Å². The number of rotatable bonds is 5. The molecule has 2 heterocycles. The number of imidazole rings is 1. The topological polar surface area (TPSA) is 75.7 Å². The third-order valence-corrected chi connectivity index (χ3v) is 2.72. The van der Waals surface area contributed by atoms with Crippen molar-refractivity contribution in [3.05, 3.63) is 29.1 Å². The Balaban J connectivity index is 2.06. The maximum Gasteiger partial charge on any atom is 0.218 e. The molecule has 0 atom stereocenters. The summed E-state index contributed by atoms with van der Waals surface area (Å²) in [7, 11) is 0. The van der Waals surface area contributed by atoms with Crippen LogP contribution in [-0.2, 0) is 6.54 Å². The van der Waals surface area contributed by atoms with Crippen LogP contribution in [0.25, 0.3) is 0 Å². The third-order valence-electron chi connectivity index (χ3n) is 2.72.